The van der Waals surface area contributed by atoms with E-state index in [4.69, 9.17) is 11.6 Å². The van der Waals surface area contributed by atoms with Gasteiger partial charge in [0.15, 0.2) is 13.1 Å². The highest BCUT2D eigenvalue weighted by molar-refractivity contribution is 6.30. The SMILES string of the molecule is CNC(=O)C[NH2+]CC(=O)NCCc1cccc(Cl)c1. The fraction of sp³-hybridized carbons (Fsp3) is 0.385. The molecule has 0 saturated carbocycles. The van der Waals surface area contributed by atoms with Crippen molar-refractivity contribution in [2.24, 2.45) is 0 Å². The van der Waals surface area contributed by atoms with Crippen LogP contribution in [0.2, 0.25) is 5.02 Å². The number of hydrogen-bond acceptors (Lipinski definition) is 2. The number of carbonyl (C=O) groups is 2. The molecule has 0 aliphatic heterocycles. The average molecular weight is 285 g/mol. The van der Waals surface area contributed by atoms with E-state index in [1.807, 2.05) is 24.3 Å². The number of likely N-dealkylation sites (N-methyl/N-ethyl adjacent to an activating group) is 1. The fourth-order valence-corrected chi connectivity index (χ4v) is 1.76. The summed E-state index contributed by atoms with van der Waals surface area (Å²) in [5, 5.41) is 7.65. The maximum Gasteiger partial charge on any atom is 0.275 e. The van der Waals surface area contributed by atoms with Crippen LogP contribution in [-0.4, -0.2) is 38.5 Å². The van der Waals surface area contributed by atoms with Gasteiger partial charge in [-0.2, -0.15) is 0 Å². The molecule has 0 fully saturated rings. The number of nitrogens with one attached hydrogen (secondary N) is 2. The summed E-state index contributed by atoms with van der Waals surface area (Å²) in [4.78, 5) is 22.4. The Morgan fingerprint density at radius 3 is 2.68 bits per heavy atom. The molecule has 0 atom stereocenters. The molecule has 6 heteroatoms. The minimum Gasteiger partial charge on any atom is -0.354 e. The van der Waals surface area contributed by atoms with E-state index in [-0.39, 0.29) is 24.9 Å². The summed E-state index contributed by atoms with van der Waals surface area (Å²) in [5.74, 6) is -0.169. The third-order valence-electron chi connectivity index (χ3n) is 2.56. The van der Waals surface area contributed by atoms with Crippen molar-refractivity contribution >= 4 is 23.4 Å². The smallest absolute Gasteiger partial charge is 0.275 e. The fourth-order valence-electron chi connectivity index (χ4n) is 1.55. The van der Waals surface area contributed by atoms with Crippen LogP contribution < -0.4 is 16.0 Å². The van der Waals surface area contributed by atoms with Crippen LogP contribution in [-0.2, 0) is 16.0 Å². The quantitative estimate of drug-likeness (QED) is 0.620. The lowest BCUT2D eigenvalue weighted by atomic mass is 10.1. The molecule has 0 aliphatic rings. The molecule has 19 heavy (non-hydrogen) atoms. The molecule has 1 aromatic rings. The maximum absolute atomic E-state index is 11.5. The first-order valence-electron chi connectivity index (χ1n) is 6.15. The minimum absolute atomic E-state index is 0.0778. The normalized spacial score (nSPS) is 10.0. The molecule has 0 aliphatic carbocycles. The Labute approximate surface area is 117 Å². The summed E-state index contributed by atoms with van der Waals surface area (Å²) < 4.78 is 0. The molecular weight excluding hydrogens is 266 g/mol. The highest BCUT2D eigenvalue weighted by atomic mass is 35.5. The molecule has 0 aromatic heterocycles. The lowest BCUT2D eigenvalue weighted by Gasteiger charge is -2.05. The van der Waals surface area contributed by atoms with Crippen LogP contribution in [0.25, 0.3) is 0 Å². The Morgan fingerprint density at radius 1 is 1.26 bits per heavy atom. The van der Waals surface area contributed by atoms with Crippen molar-refractivity contribution < 1.29 is 14.9 Å². The van der Waals surface area contributed by atoms with Crippen LogP contribution >= 0.6 is 11.6 Å². The van der Waals surface area contributed by atoms with E-state index in [0.29, 0.717) is 11.6 Å². The predicted molar refractivity (Wildman–Crippen MR) is 73.9 cm³/mol. The van der Waals surface area contributed by atoms with Crippen molar-refractivity contribution in [1.29, 1.82) is 0 Å². The summed E-state index contributed by atoms with van der Waals surface area (Å²) in [6.45, 7) is 1.08. The highest BCUT2D eigenvalue weighted by Crippen LogP contribution is 2.10. The van der Waals surface area contributed by atoms with Gasteiger partial charge in [-0.1, -0.05) is 23.7 Å². The van der Waals surface area contributed by atoms with Crippen molar-refractivity contribution in [3.63, 3.8) is 0 Å². The second kappa shape index (κ2) is 8.50. The van der Waals surface area contributed by atoms with Gasteiger partial charge in [0, 0.05) is 18.6 Å². The minimum atomic E-state index is -0.0910. The van der Waals surface area contributed by atoms with Crippen molar-refractivity contribution in [2.45, 2.75) is 6.42 Å². The number of rotatable bonds is 7. The molecule has 0 spiro atoms. The van der Waals surface area contributed by atoms with Gasteiger partial charge in [0.25, 0.3) is 11.8 Å². The summed E-state index contributed by atoms with van der Waals surface area (Å²) in [6, 6.07) is 7.55. The molecule has 104 valence electrons. The van der Waals surface area contributed by atoms with Gasteiger partial charge in [0.1, 0.15) is 0 Å². The number of carbonyl (C=O) groups excluding carboxylic acids is 2. The first-order valence-corrected chi connectivity index (χ1v) is 6.53. The van der Waals surface area contributed by atoms with E-state index in [1.165, 1.54) is 0 Å². The Balaban J connectivity index is 2.15. The van der Waals surface area contributed by atoms with E-state index in [0.717, 1.165) is 12.0 Å². The summed E-state index contributed by atoms with van der Waals surface area (Å²) in [5.41, 5.74) is 1.09. The lowest BCUT2D eigenvalue weighted by molar-refractivity contribution is -0.633. The van der Waals surface area contributed by atoms with E-state index < -0.39 is 0 Å². The largest absolute Gasteiger partial charge is 0.354 e. The van der Waals surface area contributed by atoms with Crippen LogP contribution in [0.4, 0.5) is 0 Å². The standard InChI is InChI=1S/C13H18ClN3O2/c1-15-12(18)8-16-9-13(19)17-6-5-10-3-2-4-11(14)7-10/h2-4,7,16H,5-6,8-9H2,1H3,(H,15,18)(H,17,19)/p+1. The summed E-state index contributed by atoms with van der Waals surface area (Å²) in [6.07, 6.45) is 0.738. The average Bonchev–Trinajstić information content (AvgIpc) is 2.38. The molecular formula is C13H19ClN3O2+. The van der Waals surface area contributed by atoms with Gasteiger partial charge in [0.05, 0.1) is 0 Å². The summed E-state index contributed by atoms with van der Waals surface area (Å²) >= 11 is 5.87. The number of benzene rings is 1. The number of hydrogen-bond donors (Lipinski definition) is 3. The van der Waals surface area contributed by atoms with Gasteiger partial charge in [-0.05, 0) is 24.1 Å². The van der Waals surface area contributed by atoms with Gasteiger partial charge >= 0.3 is 0 Å². The number of halogens is 1. The molecule has 0 bridgehead atoms. The molecule has 0 unspecified atom stereocenters. The molecule has 0 radical (unpaired) electrons. The van der Waals surface area contributed by atoms with Crippen molar-refractivity contribution in [1.82, 2.24) is 10.6 Å². The number of amides is 2. The first-order chi connectivity index (χ1) is 9.11. The highest BCUT2D eigenvalue weighted by Gasteiger charge is 2.05. The Bertz CT molecular complexity index is 438. The van der Waals surface area contributed by atoms with E-state index >= 15 is 0 Å². The first kappa shape index (κ1) is 15.5. The maximum atomic E-state index is 11.5. The zero-order chi connectivity index (χ0) is 14.1. The van der Waals surface area contributed by atoms with Crippen LogP contribution in [0.15, 0.2) is 24.3 Å². The van der Waals surface area contributed by atoms with E-state index in [1.54, 1.807) is 12.4 Å². The number of quaternary nitrogens is 1. The van der Waals surface area contributed by atoms with Crippen molar-refractivity contribution in [2.75, 3.05) is 26.7 Å². The third kappa shape index (κ3) is 6.79. The Morgan fingerprint density at radius 2 is 2.00 bits per heavy atom. The van der Waals surface area contributed by atoms with Crippen LogP contribution in [0, 0.1) is 0 Å². The van der Waals surface area contributed by atoms with Gasteiger partial charge in [-0.25, -0.2) is 0 Å². The second-order valence-corrected chi connectivity index (χ2v) is 4.54. The monoisotopic (exact) mass is 284 g/mol. The number of nitrogens with two attached hydrogens (primary N) is 1. The van der Waals surface area contributed by atoms with Gasteiger partial charge in [-0.15, -0.1) is 0 Å². The van der Waals surface area contributed by atoms with Crippen molar-refractivity contribution in [3.05, 3.63) is 34.9 Å². The van der Waals surface area contributed by atoms with Gasteiger partial charge < -0.3 is 16.0 Å². The topological polar surface area (TPSA) is 74.8 Å². The second-order valence-electron chi connectivity index (χ2n) is 4.10. The lowest BCUT2D eigenvalue weighted by Crippen LogP contribution is -2.88. The Kier molecular flexibility index (Phi) is 6.92. The van der Waals surface area contributed by atoms with Gasteiger partial charge in [0.2, 0.25) is 0 Å². The summed E-state index contributed by atoms with van der Waals surface area (Å²) in [7, 11) is 1.57. The molecule has 5 nitrogen and oxygen atoms in total. The van der Waals surface area contributed by atoms with Gasteiger partial charge in [-0.3, -0.25) is 9.59 Å². The molecule has 2 amide bonds. The molecule has 1 aromatic carbocycles. The van der Waals surface area contributed by atoms with Crippen LogP contribution in [0.3, 0.4) is 0 Å². The molecule has 4 N–H and O–H groups in total. The molecule has 0 saturated heterocycles. The van der Waals surface area contributed by atoms with Crippen LogP contribution in [0.5, 0.6) is 0 Å². The molecule has 0 heterocycles. The zero-order valence-electron chi connectivity index (χ0n) is 10.9. The molecule has 1 rings (SSSR count). The van der Waals surface area contributed by atoms with Crippen molar-refractivity contribution in [3.8, 4) is 0 Å². The predicted octanol–water partition coefficient (Wildman–Crippen LogP) is -0.692. The van der Waals surface area contributed by atoms with Crippen LogP contribution in [0.1, 0.15) is 5.56 Å². The zero-order valence-corrected chi connectivity index (χ0v) is 11.7. The van der Waals surface area contributed by atoms with E-state index in [9.17, 15) is 9.59 Å². The van der Waals surface area contributed by atoms with E-state index in [2.05, 4.69) is 10.6 Å². The third-order valence-corrected chi connectivity index (χ3v) is 2.80. The Hall–Kier alpha value is -1.59.